The van der Waals surface area contributed by atoms with Gasteiger partial charge in [-0.1, -0.05) is 19.8 Å². The summed E-state index contributed by atoms with van der Waals surface area (Å²) in [5, 5.41) is 8.60. The van der Waals surface area contributed by atoms with Crippen LogP contribution in [-0.2, 0) is 9.59 Å². The van der Waals surface area contributed by atoms with E-state index in [0.717, 1.165) is 19.3 Å². The molecule has 0 saturated heterocycles. The minimum Gasteiger partial charge on any atom is -0.481 e. The Balaban J connectivity index is 3.85. The molecule has 0 amide bonds. The maximum Gasteiger partial charge on any atom is 0.315 e. The Morgan fingerprint density at radius 2 is 2.00 bits per heavy atom. The summed E-state index contributed by atoms with van der Waals surface area (Å²) in [6, 6.07) is 0. The Hall–Kier alpha value is -0.900. The molecular formula is C9H17NO3. The molecule has 0 bridgehead atoms. The lowest BCUT2D eigenvalue weighted by molar-refractivity contribution is -0.145. The lowest BCUT2D eigenvalue weighted by Crippen LogP contribution is -2.30. The van der Waals surface area contributed by atoms with Crippen LogP contribution in [0.25, 0.3) is 0 Å². The van der Waals surface area contributed by atoms with Crippen LogP contribution in [0.1, 0.15) is 32.6 Å². The van der Waals surface area contributed by atoms with E-state index in [1.807, 2.05) is 6.92 Å². The third-order valence-electron chi connectivity index (χ3n) is 1.95. The van der Waals surface area contributed by atoms with E-state index in [1.54, 1.807) is 0 Å². The maximum absolute atomic E-state index is 11.2. The molecule has 0 fully saturated rings. The zero-order chi connectivity index (χ0) is 10.3. The van der Waals surface area contributed by atoms with Gasteiger partial charge in [0.05, 0.1) is 0 Å². The molecule has 1 atom stereocenters. The van der Waals surface area contributed by atoms with Crippen molar-refractivity contribution in [2.45, 2.75) is 32.6 Å². The average molecular weight is 187 g/mol. The van der Waals surface area contributed by atoms with Gasteiger partial charge in [0, 0.05) is 13.0 Å². The number of nitrogens with two attached hydrogens (primary N) is 1. The molecule has 1 unspecified atom stereocenters. The van der Waals surface area contributed by atoms with Gasteiger partial charge in [0.2, 0.25) is 0 Å². The molecular weight excluding hydrogens is 170 g/mol. The van der Waals surface area contributed by atoms with E-state index in [0.29, 0.717) is 6.42 Å². The highest BCUT2D eigenvalue weighted by Crippen LogP contribution is 2.06. The zero-order valence-corrected chi connectivity index (χ0v) is 7.95. The smallest absolute Gasteiger partial charge is 0.315 e. The second-order valence-electron chi connectivity index (χ2n) is 3.05. The van der Waals surface area contributed by atoms with Gasteiger partial charge < -0.3 is 10.8 Å². The summed E-state index contributed by atoms with van der Waals surface area (Å²) in [6.45, 7) is 1.93. The van der Waals surface area contributed by atoms with Crippen molar-refractivity contribution in [1.82, 2.24) is 0 Å². The van der Waals surface area contributed by atoms with Crippen molar-refractivity contribution in [3.05, 3.63) is 0 Å². The number of carboxylic acids is 1. The number of ketones is 1. The van der Waals surface area contributed by atoms with Gasteiger partial charge >= 0.3 is 5.97 Å². The van der Waals surface area contributed by atoms with Crippen LogP contribution in [0.2, 0.25) is 0 Å². The summed E-state index contributed by atoms with van der Waals surface area (Å²) in [5.74, 6) is -2.36. The molecule has 0 aromatic carbocycles. The van der Waals surface area contributed by atoms with Crippen molar-refractivity contribution in [3.8, 4) is 0 Å². The summed E-state index contributed by atoms with van der Waals surface area (Å²) in [4.78, 5) is 21.7. The van der Waals surface area contributed by atoms with Gasteiger partial charge in [-0.3, -0.25) is 9.59 Å². The van der Waals surface area contributed by atoms with Crippen molar-refractivity contribution in [2.75, 3.05) is 6.54 Å². The Kier molecular flexibility index (Phi) is 6.14. The highest BCUT2D eigenvalue weighted by molar-refractivity contribution is 5.98. The molecule has 0 spiro atoms. The highest BCUT2D eigenvalue weighted by Gasteiger charge is 2.23. The number of aliphatic carboxylic acids is 1. The van der Waals surface area contributed by atoms with Gasteiger partial charge in [-0.15, -0.1) is 0 Å². The van der Waals surface area contributed by atoms with E-state index in [9.17, 15) is 9.59 Å². The molecule has 3 N–H and O–H groups in total. The molecule has 0 aromatic heterocycles. The van der Waals surface area contributed by atoms with Gasteiger partial charge in [0.15, 0.2) is 0 Å². The molecule has 4 nitrogen and oxygen atoms in total. The van der Waals surface area contributed by atoms with Crippen molar-refractivity contribution in [3.63, 3.8) is 0 Å². The highest BCUT2D eigenvalue weighted by atomic mass is 16.4. The summed E-state index contributed by atoms with van der Waals surface area (Å²) in [7, 11) is 0. The molecule has 0 heterocycles. The normalized spacial score (nSPS) is 12.5. The van der Waals surface area contributed by atoms with Gasteiger partial charge in [0.1, 0.15) is 11.7 Å². The minimum atomic E-state index is -1.11. The van der Waals surface area contributed by atoms with Crippen LogP contribution in [0.5, 0.6) is 0 Å². The molecule has 4 heteroatoms. The van der Waals surface area contributed by atoms with Crippen LogP contribution in [0.3, 0.4) is 0 Å². The quantitative estimate of drug-likeness (QED) is 0.456. The van der Waals surface area contributed by atoms with Crippen LogP contribution >= 0.6 is 0 Å². The van der Waals surface area contributed by atoms with Gasteiger partial charge in [-0.2, -0.15) is 0 Å². The summed E-state index contributed by atoms with van der Waals surface area (Å²) in [5.41, 5.74) is 5.18. The third kappa shape index (κ3) is 4.62. The van der Waals surface area contributed by atoms with E-state index in [4.69, 9.17) is 10.8 Å². The Bertz CT molecular complexity index is 180. The fourth-order valence-corrected chi connectivity index (χ4v) is 1.09. The Labute approximate surface area is 78.1 Å². The molecule has 0 radical (unpaired) electrons. The Morgan fingerprint density at radius 3 is 2.38 bits per heavy atom. The summed E-state index contributed by atoms with van der Waals surface area (Å²) >= 11 is 0. The molecule has 0 saturated carbocycles. The number of hydrogen-bond donors (Lipinski definition) is 2. The molecule has 76 valence electrons. The number of Topliss-reactive ketones (excluding diaryl/α,β-unsaturated/α-hetero) is 1. The zero-order valence-electron chi connectivity index (χ0n) is 7.95. The molecule has 0 rings (SSSR count). The molecule has 0 aliphatic carbocycles. The standard InChI is InChI=1S/C9H17NO3/c1-2-3-4-5-8(11)7(6-10)9(12)13/h7H,2-6,10H2,1H3,(H,12,13). The van der Waals surface area contributed by atoms with Crippen molar-refractivity contribution < 1.29 is 14.7 Å². The lowest BCUT2D eigenvalue weighted by Gasteiger charge is -2.07. The molecule has 0 aromatic rings. The molecule has 0 aliphatic rings. The topological polar surface area (TPSA) is 80.4 Å². The van der Waals surface area contributed by atoms with Crippen molar-refractivity contribution >= 4 is 11.8 Å². The predicted octanol–water partition coefficient (Wildman–Crippen LogP) is 0.795. The predicted molar refractivity (Wildman–Crippen MR) is 49.3 cm³/mol. The van der Waals surface area contributed by atoms with Crippen LogP contribution in [0.4, 0.5) is 0 Å². The summed E-state index contributed by atoms with van der Waals surface area (Å²) in [6.07, 6.45) is 3.08. The van der Waals surface area contributed by atoms with Crippen LogP contribution in [-0.4, -0.2) is 23.4 Å². The number of carbonyl (C=O) groups excluding carboxylic acids is 1. The second kappa shape index (κ2) is 6.60. The fraction of sp³-hybridized carbons (Fsp3) is 0.778. The fourth-order valence-electron chi connectivity index (χ4n) is 1.09. The third-order valence-corrected chi connectivity index (χ3v) is 1.95. The van der Waals surface area contributed by atoms with E-state index in [2.05, 4.69) is 0 Å². The molecule has 13 heavy (non-hydrogen) atoms. The first-order valence-corrected chi connectivity index (χ1v) is 4.59. The van der Waals surface area contributed by atoms with E-state index in [-0.39, 0.29) is 12.3 Å². The van der Waals surface area contributed by atoms with Crippen molar-refractivity contribution in [1.29, 1.82) is 0 Å². The lowest BCUT2D eigenvalue weighted by atomic mass is 9.99. The summed E-state index contributed by atoms with van der Waals surface area (Å²) < 4.78 is 0. The van der Waals surface area contributed by atoms with Crippen LogP contribution in [0.15, 0.2) is 0 Å². The number of carbonyl (C=O) groups is 2. The molecule has 0 aliphatic heterocycles. The Morgan fingerprint density at radius 1 is 1.38 bits per heavy atom. The van der Waals surface area contributed by atoms with Gasteiger partial charge in [-0.05, 0) is 6.42 Å². The van der Waals surface area contributed by atoms with Gasteiger partial charge in [0.25, 0.3) is 0 Å². The monoisotopic (exact) mass is 187 g/mol. The first-order chi connectivity index (χ1) is 6.13. The number of hydrogen-bond acceptors (Lipinski definition) is 3. The minimum absolute atomic E-state index is 0.0969. The van der Waals surface area contributed by atoms with Crippen LogP contribution in [0, 0.1) is 5.92 Å². The van der Waals surface area contributed by atoms with E-state index >= 15 is 0 Å². The van der Waals surface area contributed by atoms with Crippen molar-refractivity contribution in [2.24, 2.45) is 11.7 Å². The van der Waals surface area contributed by atoms with E-state index in [1.165, 1.54) is 0 Å². The number of carboxylic acid groups (broad SMARTS) is 1. The second-order valence-corrected chi connectivity index (χ2v) is 3.05. The first kappa shape index (κ1) is 12.1. The number of unbranched alkanes of at least 4 members (excludes halogenated alkanes) is 2. The SMILES string of the molecule is CCCCCC(=O)C(CN)C(=O)O. The largest absolute Gasteiger partial charge is 0.481 e. The first-order valence-electron chi connectivity index (χ1n) is 4.59. The van der Waals surface area contributed by atoms with E-state index < -0.39 is 11.9 Å². The average Bonchev–Trinajstić information content (AvgIpc) is 2.05. The van der Waals surface area contributed by atoms with Crippen LogP contribution < -0.4 is 5.73 Å². The van der Waals surface area contributed by atoms with Gasteiger partial charge in [-0.25, -0.2) is 0 Å². The number of rotatable bonds is 7. The maximum atomic E-state index is 11.2.